The van der Waals surface area contributed by atoms with Crippen LogP contribution in [0.15, 0.2) is 12.7 Å². The number of alkyl carbamates (subject to hydrolysis) is 1. The number of amides is 1. The fraction of sp³-hybridized carbons (Fsp3) is 0.600. The minimum absolute atomic E-state index is 0.0500. The zero-order valence-corrected chi connectivity index (χ0v) is 9.24. The van der Waals surface area contributed by atoms with Gasteiger partial charge in [-0.15, -0.1) is 0 Å². The van der Waals surface area contributed by atoms with E-state index >= 15 is 0 Å². The van der Waals surface area contributed by atoms with Gasteiger partial charge in [-0.3, -0.25) is 0 Å². The highest BCUT2D eigenvalue weighted by Crippen LogP contribution is 2.26. The summed E-state index contributed by atoms with van der Waals surface area (Å²) in [5.74, 6) is -2.33. The van der Waals surface area contributed by atoms with E-state index in [9.17, 15) is 14.0 Å². The molecular formula is C10H15FN2O4. The Balaban J connectivity index is 2.43. The quantitative estimate of drug-likeness (QED) is 0.590. The molecule has 17 heavy (non-hydrogen) atoms. The van der Waals surface area contributed by atoms with Crippen LogP contribution < -0.4 is 10.6 Å². The fourth-order valence-electron chi connectivity index (χ4n) is 1.61. The summed E-state index contributed by atoms with van der Waals surface area (Å²) < 4.78 is 18.6. The summed E-state index contributed by atoms with van der Waals surface area (Å²) in [4.78, 5) is 21.8. The summed E-state index contributed by atoms with van der Waals surface area (Å²) >= 11 is 0. The van der Waals surface area contributed by atoms with E-state index in [4.69, 9.17) is 5.11 Å². The lowest BCUT2D eigenvalue weighted by Crippen LogP contribution is -2.46. The predicted molar refractivity (Wildman–Crippen MR) is 57.4 cm³/mol. The number of aliphatic carboxylic acids is 1. The van der Waals surface area contributed by atoms with Crippen LogP contribution in [0.3, 0.4) is 0 Å². The molecule has 1 saturated heterocycles. The number of carboxylic acids is 1. The molecule has 0 bridgehead atoms. The largest absolute Gasteiger partial charge is 0.479 e. The Hall–Kier alpha value is -1.63. The Morgan fingerprint density at radius 3 is 3.00 bits per heavy atom. The standard InChI is InChI=1S/C10H15FN2O4/c1-2-3-17-9(16)13-5-7-4-12-6-10(7,11)8(14)15/h2,7,12H,1,3-6H2,(H,13,16)(H,14,15). The maximum Gasteiger partial charge on any atom is 0.407 e. The van der Waals surface area contributed by atoms with E-state index in [0.29, 0.717) is 0 Å². The van der Waals surface area contributed by atoms with Crippen LogP contribution in [0.5, 0.6) is 0 Å². The van der Waals surface area contributed by atoms with Gasteiger partial charge in [0.05, 0.1) is 0 Å². The first-order chi connectivity index (χ1) is 8.00. The third-order valence-corrected chi connectivity index (χ3v) is 2.60. The number of rotatable bonds is 5. The number of carboxylic acid groups (broad SMARTS) is 1. The van der Waals surface area contributed by atoms with Crippen molar-refractivity contribution < 1.29 is 23.8 Å². The number of hydrogen-bond donors (Lipinski definition) is 3. The molecule has 6 nitrogen and oxygen atoms in total. The summed E-state index contributed by atoms with van der Waals surface area (Å²) in [7, 11) is 0. The summed E-state index contributed by atoms with van der Waals surface area (Å²) in [6.45, 7) is 3.27. The van der Waals surface area contributed by atoms with Crippen molar-refractivity contribution >= 4 is 12.1 Å². The SMILES string of the molecule is C=CCOC(=O)NCC1CNCC1(F)C(=O)O. The molecule has 7 heteroatoms. The summed E-state index contributed by atoms with van der Waals surface area (Å²) in [5, 5.41) is 13.7. The molecule has 2 unspecified atom stereocenters. The summed E-state index contributed by atoms with van der Waals surface area (Å²) in [6, 6.07) is 0. The zero-order chi connectivity index (χ0) is 12.9. The lowest BCUT2D eigenvalue weighted by atomic mass is 9.93. The van der Waals surface area contributed by atoms with Crippen molar-refractivity contribution in [2.75, 3.05) is 26.2 Å². The van der Waals surface area contributed by atoms with Gasteiger partial charge >= 0.3 is 12.1 Å². The maximum absolute atomic E-state index is 13.9. The highest BCUT2D eigenvalue weighted by atomic mass is 19.1. The Morgan fingerprint density at radius 2 is 2.41 bits per heavy atom. The molecule has 1 amide bonds. The van der Waals surface area contributed by atoms with Crippen molar-refractivity contribution in [1.82, 2.24) is 10.6 Å². The highest BCUT2D eigenvalue weighted by Gasteiger charge is 2.50. The topological polar surface area (TPSA) is 87.7 Å². The van der Waals surface area contributed by atoms with Crippen molar-refractivity contribution in [1.29, 1.82) is 0 Å². The van der Waals surface area contributed by atoms with Gasteiger partial charge in [-0.1, -0.05) is 12.7 Å². The molecule has 0 radical (unpaired) electrons. The first-order valence-electron chi connectivity index (χ1n) is 5.15. The first kappa shape index (κ1) is 13.4. The van der Waals surface area contributed by atoms with E-state index in [1.165, 1.54) is 6.08 Å². The van der Waals surface area contributed by atoms with Gasteiger partial charge in [0.1, 0.15) is 6.61 Å². The number of carbonyl (C=O) groups excluding carboxylic acids is 1. The number of nitrogens with one attached hydrogen (secondary N) is 2. The lowest BCUT2D eigenvalue weighted by Gasteiger charge is -2.21. The van der Waals surface area contributed by atoms with Crippen molar-refractivity contribution in [2.45, 2.75) is 5.67 Å². The number of hydrogen-bond acceptors (Lipinski definition) is 4. The van der Waals surface area contributed by atoms with Crippen LogP contribution in [-0.4, -0.2) is 49.1 Å². The molecule has 0 aromatic heterocycles. The molecule has 0 aromatic carbocycles. The third-order valence-electron chi connectivity index (χ3n) is 2.60. The van der Waals surface area contributed by atoms with Crippen LogP contribution in [0.1, 0.15) is 0 Å². The van der Waals surface area contributed by atoms with E-state index in [0.717, 1.165) is 0 Å². The van der Waals surface area contributed by atoms with Gasteiger partial charge in [0.25, 0.3) is 0 Å². The maximum atomic E-state index is 13.9. The molecule has 0 aliphatic carbocycles. The van der Waals surface area contributed by atoms with Gasteiger partial charge in [0, 0.05) is 25.6 Å². The predicted octanol–water partition coefficient (Wildman–Crippen LogP) is -0.0891. The molecule has 0 aromatic rings. The Bertz CT molecular complexity index is 323. The molecule has 96 valence electrons. The third kappa shape index (κ3) is 3.16. The first-order valence-corrected chi connectivity index (χ1v) is 5.15. The molecule has 1 fully saturated rings. The van der Waals surface area contributed by atoms with Gasteiger partial charge in [-0.05, 0) is 0 Å². The number of carbonyl (C=O) groups is 2. The zero-order valence-electron chi connectivity index (χ0n) is 9.24. The van der Waals surface area contributed by atoms with Crippen molar-refractivity contribution in [3.63, 3.8) is 0 Å². The van der Waals surface area contributed by atoms with Crippen LogP contribution >= 0.6 is 0 Å². The van der Waals surface area contributed by atoms with E-state index in [2.05, 4.69) is 21.9 Å². The van der Waals surface area contributed by atoms with Crippen LogP contribution in [0.4, 0.5) is 9.18 Å². The van der Waals surface area contributed by atoms with Crippen LogP contribution in [0, 0.1) is 5.92 Å². The number of halogens is 1. The Kier molecular flexibility index (Phi) is 4.45. The summed E-state index contributed by atoms with van der Waals surface area (Å²) in [5.41, 5.74) is -2.34. The minimum atomic E-state index is -2.34. The van der Waals surface area contributed by atoms with E-state index in [1.807, 2.05) is 0 Å². The smallest absolute Gasteiger partial charge is 0.407 e. The van der Waals surface area contributed by atoms with Gasteiger partial charge in [0.2, 0.25) is 5.67 Å². The van der Waals surface area contributed by atoms with Gasteiger partial charge in [0.15, 0.2) is 0 Å². The highest BCUT2D eigenvalue weighted by molar-refractivity contribution is 5.79. The van der Waals surface area contributed by atoms with E-state index in [1.54, 1.807) is 0 Å². The van der Waals surface area contributed by atoms with E-state index in [-0.39, 0.29) is 26.2 Å². The van der Waals surface area contributed by atoms with E-state index < -0.39 is 23.6 Å². The molecule has 3 N–H and O–H groups in total. The second-order valence-corrected chi connectivity index (χ2v) is 3.76. The van der Waals surface area contributed by atoms with Gasteiger partial charge in [-0.2, -0.15) is 0 Å². The molecule has 0 spiro atoms. The van der Waals surface area contributed by atoms with Crippen LogP contribution in [0.25, 0.3) is 0 Å². The van der Waals surface area contributed by atoms with Crippen molar-refractivity contribution in [3.05, 3.63) is 12.7 Å². The molecule has 2 atom stereocenters. The molecule has 0 saturated carbocycles. The molecule has 1 rings (SSSR count). The van der Waals surface area contributed by atoms with Gasteiger partial charge < -0.3 is 20.5 Å². The Labute approximate surface area is 97.8 Å². The fourth-order valence-corrected chi connectivity index (χ4v) is 1.61. The number of ether oxygens (including phenoxy) is 1. The van der Waals surface area contributed by atoms with Crippen molar-refractivity contribution in [2.24, 2.45) is 5.92 Å². The molecular weight excluding hydrogens is 231 g/mol. The lowest BCUT2D eigenvalue weighted by molar-refractivity contribution is -0.152. The minimum Gasteiger partial charge on any atom is -0.479 e. The normalized spacial score (nSPS) is 27.5. The molecule has 1 aliphatic rings. The van der Waals surface area contributed by atoms with Crippen LogP contribution in [-0.2, 0) is 9.53 Å². The molecule has 1 heterocycles. The van der Waals surface area contributed by atoms with Crippen molar-refractivity contribution in [3.8, 4) is 0 Å². The average Bonchev–Trinajstić information content (AvgIpc) is 2.66. The molecule has 1 aliphatic heterocycles. The average molecular weight is 246 g/mol. The monoisotopic (exact) mass is 246 g/mol. The number of alkyl halides is 1. The second kappa shape index (κ2) is 5.62. The Morgan fingerprint density at radius 1 is 1.71 bits per heavy atom. The summed E-state index contributed by atoms with van der Waals surface area (Å²) in [6.07, 6.45) is 0.678. The van der Waals surface area contributed by atoms with Gasteiger partial charge in [-0.25, -0.2) is 14.0 Å². The second-order valence-electron chi connectivity index (χ2n) is 3.76. The van der Waals surface area contributed by atoms with Crippen LogP contribution in [0.2, 0.25) is 0 Å².